The Hall–Kier alpha value is -0.810. The van der Waals surface area contributed by atoms with Crippen LogP contribution in [0, 0.1) is 5.92 Å². The minimum atomic E-state index is -0.671. The number of carboxylic acids is 1. The van der Waals surface area contributed by atoms with Gasteiger partial charge in [0.2, 0.25) is 0 Å². The summed E-state index contributed by atoms with van der Waals surface area (Å²) in [5.74, 6) is -0.839. The van der Waals surface area contributed by atoms with E-state index in [4.69, 9.17) is 16.7 Å². The minimum absolute atomic E-state index is 0.169. The highest BCUT2D eigenvalue weighted by atomic mass is 35.5. The second-order valence-electron chi connectivity index (χ2n) is 4.01. The molecule has 88 valence electrons. The van der Waals surface area contributed by atoms with Crippen molar-refractivity contribution in [2.45, 2.75) is 31.7 Å². The lowest BCUT2D eigenvalue weighted by Gasteiger charge is -2.26. The number of thiazole rings is 1. The summed E-state index contributed by atoms with van der Waals surface area (Å²) in [5, 5.41) is 15.3. The van der Waals surface area contributed by atoms with Crippen molar-refractivity contribution in [2.24, 2.45) is 5.92 Å². The summed E-state index contributed by atoms with van der Waals surface area (Å²) in [7, 11) is 0. The van der Waals surface area contributed by atoms with Crippen LogP contribution < -0.4 is 5.32 Å². The van der Waals surface area contributed by atoms with Crippen LogP contribution in [0.2, 0.25) is 5.15 Å². The van der Waals surface area contributed by atoms with Crippen molar-refractivity contribution >= 4 is 34.0 Å². The van der Waals surface area contributed by atoms with Gasteiger partial charge in [0.15, 0.2) is 5.13 Å². The number of aliphatic carboxylic acids is 1. The SMILES string of the molecule is O=C(O)C1CCC(Nc2nc(Cl)cs2)CC1. The Kier molecular flexibility index (Phi) is 3.66. The van der Waals surface area contributed by atoms with Gasteiger partial charge in [0.25, 0.3) is 0 Å². The molecule has 1 aromatic heterocycles. The van der Waals surface area contributed by atoms with Crippen molar-refractivity contribution in [1.82, 2.24) is 4.98 Å². The lowest BCUT2D eigenvalue weighted by Crippen LogP contribution is -2.29. The van der Waals surface area contributed by atoms with Gasteiger partial charge in [-0.3, -0.25) is 4.79 Å². The van der Waals surface area contributed by atoms with Gasteiger partial charge in [-0.25, -0.2) is 4.98 Å². The van der Waals surface area contributed by atoms with Crippen molar-refractivity contribution in [3.05, 3.63) is 10.5 Å². The number of anilines is 1. The molecule has 2 N–H and O–H groups in total. The summed E-state index contributed by atoms with van der Waals surface area (Å²) in [6, 6.07) is 0.331. The smallest absolute Gasteiger partial charge is 0.306 e. The Morgan fingerprint density at radius 3 is 2.69 bits per heavy atom. The van der Waals surface area contributed by atoms with Crippen LogP contribution >= 0.6 is 22.9 Å². The Labute approximate surface area is 103 Å². The van der Waals surface area contributed by atoms with E-state index in [0.29, 0.717) is 11.2 Å². The quantitative estimate of drug-likeness (QED) is 0.877. The van der Waals surface area contributed by atoms with Crippen molar-refractivity contribution in [3.8, 4) is 0 Å². The number of aromatic nitrogens is 1. The van der Waals surface area contributed by atoms with Gasteiger partial charge in [-0.05, 0) is 25.7 Å². The van der Waals surface area contributed by atoms with Crippen LogP contribution in [0.4, 0.5) is 5.13 Å². The van der Waals surface area contributed by atoms with Gasteiger partial charge in [0.1, 0.15) is 5.15 Å². The molecule has 1 heterocycles. The highest BCUT2D eigenvalue weighted by molar-refractivity contribution is 7.14. The molecular formula is C10H13ClN2O2S. The third kappa shape index (κ3) is 2.86. The summed E-state index contributed by atoms with van der Waals surface area (Å²) in [6.45, 7) is 0. The lowest BCUT2D eigenvalue weighted by atomic mass is 9.86. The first-order chi connectivity index (χ1) is 7.65. The fourth-order valence-electron chi connectivity index (χ4n) is 1.98. The molecule has 0 aliphatic heterocycles. The number of carboxylic acid groups (broad SMARTS) is 1. The van der Waals surface area contributed by atoms with Crippen LogP contribution in [0.25, 0.3) is 0 Å². The first kappa shape index (κ1) is 11.7. The van der Waals surface area contributed by atoms with E-state index in [2.05, 4.69) is 10.3 Å². The monoisotopic (exact) mass is 260 g/mol. The molecule has 1 aliphatic rings. The van der Waals surface area contributed by atoms with E-state index in [-0.39, 0.29) is 5.92 Å². The molecule has 0 spiro atoms. The molecule has 0 radical (unpaired) electrons. The molecule has 0 amide bonds. The van der Waals surface area contributed by atoms with Gasteiger partial charge in [0.05, 0.1) is 5.92 Å². The van der Waals surface area contributed by atoms with Gasteiger partial charge in [-0.1, -0.05) is 11.6 Å². The van der Waals surface area contributed by atoms with Crippen LogP contribution in [0.3, 0.4) is 0 Å². The molecule has 4 nitrogen and oxygen atoms in total. The Morgan fingerprint density at radius 1 is 1.50 bits per heavy atom. The van der Waals surface area contributed by atoms with Gasteiger partial charge in [-0.2, -0.15) is 0 Å². The zero-order valence-corrected chi connectivity index (χ0v) is 10.2. The standard InChI is InChI=1S/C10H13ClN2O2S/c11-8-5-16-10(13-8)12-7-3-1-6(2-4-7)9(14)15/h5-7H,1-4H2,(H,12,13)(H,14,15). The third-order valence-corrected chi connectivity index (χ3v) is 3.98. The fraction of sp³-hybridized carbons (Fsp3) is 0.600. The first-order valence-corrected chi connectivity index (χ1v) is 6.51. The van der Waals surface area contributed by atoms with E-state index < -0.39 is 5.97 Å². The molecule has 6 heteroatoms. The van der Waals surface area contributed by atoms with Gasteiger partial charge >= 0.3 is 5.97 Å². The zero-order valence-electron chi connectivity index (χ0n) is 8.65. The maximum atomic E-state index is 10.8. The number of nitrogens with one attached hydrogen (secondary N) is 1. The third-order valence-electron chi connectivity index (χ3n) is 2.88. The molecular weight excluding hydrogens is 248 g/mol. The predicted octanol–water partition coefficient (Wildman–Crippen LogP) is 2.85. The van der Waals surface area contributed by atoms with E-state index in [9.17, 15) is 4.79 Å². The Bertz CT molecular complexity index is 375. The second kappa shape index (κ2) is 5.01. The van der Waals surface area contributed by atoms with Gasteiger partial charge < -0.3 is 10.4 Å². The van der Waals surface area contributed by atoms with Crippen molar-refractivity contribution in [1.29, 1.82) is 0 Å². The van der Waals surface area contributed by atoms with Crippen LogP contribution in [0.5, 0.6) is 0 Å². The molecule has 1 saturated carbocycles. The molecule has 1 aromatic rings. The summed E-state index contributed by atoms with van der Waals surface area (Å²) in [6.07, 6.45) is 3.25. The maximum absolute atomic E-state index is 10.8. The first-order valence-electron chi connectivity index (χ1n) is 5.25. The number of hydrogen-bond donors (Lipinski definition) is 2. The van der Waals surface area contributed by atoms with E-state index >= 15 is 0 Å². The summed E-state index contributed by atoms with van der Waals surface area (Å²) in [4.78, 5) is 14.9. The number of rotatable bonds is 3. The molecule has 1 aliphatic carbocycles. The van der Waals surface area contributed by atoms with Crippen molar-refractivity contribution in [2.75, 3.05) is 5.32 Å². The largest absolute Gasteiger partial charge is 0.481 e. The number of carbonyl (C=O) groups is 1. The van der Waals surface area contributed by atoms with E-state index in [1.165, 1.54) is 11.3 Å². The highest BCUT2D eigenvalue weighted by Gasteiger charge is 2.26. The van der Waals surface area contributed by atoms with Crippen LogP contribution in [-0.2, 0) is 4.79 Å². The summed E-state index contributed by atoms with van der Waals surface area (Å²) in [5.41, 5.74) is 0. The van der Waals surface area contributed by atoms with Gasteiger partial charge in [0, 0.05) is 11.4 Å². The van der Waals surface area contributed by atoms with Crippen LogP contribution in [-0.4, -0.2) is 22.1 Å². The van der Waals surface area contributed by atoms with E-state index in [1.807, 2.05) is 0 Å². The van der Waals surface area contributed by atoms with E-state index in [0.717, 1.165) is 30.8 Å². The number of hydrogen-bond acceptors (Lipinski definition) is 4. The van der Waals surface area contributed by atoms with Crippen LogP contribution in [0.1, 0.15) is 25.7 Å². The molecule has 16 heavy (non-hydrogen) atoms. The molecule has 0 saturated heterocycles. The maximum Gasteiger partial charge on any atom is 0.306 e. The molecule has 0 unspecified atom stereocenters. The topological polar surface area (TPSA) is 62.2 Å². The molecule has 2 rings (SSSR count). The number of nitrogens with zero attached hydrogens (tertiary/aromatic N) is 1. The second-order valence-corrected chi connectivity index (χ2v) is 5.25. The minimum Gasteiger partial charge on any atom is -0.481 e. The molecule has 0 aromatic carbocycles. The van der Waals surface area contributed by atoms with Crippen molar-refractivity contribution < 1.29 is 9.90 Å². The molecule has 1 fully saturated rings. The Morgan fingerprint density at radius 2 is 2.19 bits per heavy atom. The average molecular weight is 261 g/mol. The lowest BCUT2D eigenvalue weighted by molar-refractivity contribution is -0.142. The normalized spacial score (nSPS) is 25.3. The van der Waals surface area contributed by atoms with Gasteiger partial charge in [-0.15, -0.1) is 11.3 Å². The van der Waals surface area contributed by atoms with Crippen LogP contribution in [0.15, 0.2) is 5.38 Å². The summed E-state index contributed by atoms with van der Waals surface area (Å²) < 4.78 is 0. The highest BCUT2D eigenvalue weighted by Crippen LogP contribution is 2.28. The van der Waals surface area contributed by atoms with Crippen molar-refractivity contribution in [3.63, 3.8) is 0 Å². The fourth-order valence-corrected chi connectivity index (χ4v) is 2.90. The predicted molar refractivity (Wildman–Crippen MR) is 64.1 cm³/mol. The number of halogens is 1. The Balaban J connectivity index is 1.83. The zero-order chi connectivity index (χ0) is 11.5. The molecule has 0 bridgehead atoms. The average Bonchev–Trinajstić information content (AvgIpc) is 2.65. The van der Waals surface area contributed by atoms with E-state index in [1.54, 1.807) is 5.38 Å². The molecule has 0 atom stereocenters. The summed E-state index contributed by atoms with van der Waals surface area (Å²) >= 11 is 7.20.